The number of benzene rings is 4. The van der Waals surface area contributed by atoms with Crippen molar-refractivity contribution in [1.29, 1.82) is 0 Å². The first-order valence-corrected chi connectivity index (χ1v) is 11.8. The SMILES string of the molecule is O=C(Nc1cc(C(=O)Nc2cccc([N+](=O)[O-])c2)cc(C(=O)Nc2cccc([N+](=O)[O-])c2)c1)c1ccc([N+](=O)[O-])cc1. The van der Waals surface area contributed by atoms with Gasteiger partial charge in [-0.25, -0.2) is 0 Å². The number of carbonyl (C=O) groups excluding carboxylic acids is 3. The van der Waals surface area contributed by atoms with Crippen molar-refractivity contribution in [3.05, 3.63) is 138 Å². The lowest BCUT2D eigenvalue weighted by Crippen LogP contribution is -2.18. The summed E-state index contributed by atoms with van der Waals surface area (Å²) in [6.45, 7) is 0. The standard InChI is InChI=1S/C27H18N6O9/c34-25(16-7-9-22(10-8-16)31(37)38)30-21-12-17(26(35)28-19-3-1-5-23(14-19)32(39)40)11-18(13-21)27(36)29-20-4-2-6-24(15-20)33(41)42/h1-15H,(H,28,35)(H,29,36)(H,30,34). The molecule has 42 heavy (non-hydrogen) atoms. The summed E-state index contributed by atoms with van der Waals surface area (Å²) in [5, 5.41) is 40.6. The Balaban J connectivity index is 1.66. The molecule has 0 aliphatic heterocycles. The summed E-state index contributed by atoms with van der Waals surface area (Å²) in [5.41, 5.74) is -0.771. The van der Waals surface area contributed by atoms with Crippen LogP contribution in [0, 0.1) is 30.3 Å². The number of nitro groups is 3. The fraction of sp³-hybridized carbons (Fsp3) is 0. The number of nitrogens with one attached hydrogen (secondary N) is 3. The van der Waals surface area contributed by atoms with Crippen molar-refractivity contribution in [2.24, 2.45) is 0 Å². The van der Waals surface area contributed by atoms with Crippen molar-refractivity contribution in [3.63, 3.8) is 0 Å². The molecule has 15 nitrogen and oxygen atoms in total. The molecule has 4 aromatic carbocycles. The van der Waals surface area contributed by atoms with Gasteiger partial charge in [-0.1, -0.05) is 12.1 Å². The van der Waals surface area contributed by atoms with Crippen molar-refractivity contribution in [2.45, 2.75) is 0 Å². The molecule has 0 bridgehead atoms. The van der Waals surface area contributed by atoms with Crippen LogP contribution < -0.4 is 16.0 Å². The number of rotatable bonds is 9. The normalized spacial score (nSPS) is 10.3. The van der Waals surface area contributed by atoms with Gasteiger partial charge in [0.25, 0.3) is 34.8 Å². The zero-order valence-electron chi connectivity index (χ0n) is 21.2. The van der Waals surface area contributed by atoms with Crippen LogP contribution in [0.4, 0.5) is 34.1 Å². The van der Waals surface area contributed by atoms with Crippen LogP contribution in [-0.4, -0.2) is 32.5 Å². The van der Waals surface area contributed by atoms with Crippen LogP contribution in [0.3, 0.4) is 0 Å². The van der Waals surface area contributed by atoms with Crippen LogP contribution in [0.25, 0.3) is 0 Å². The van der Waals surface area contributed by atoms with Gasteiger partial charge in [-0.2, -0.15) is 0 Å². The van der Waals surface area contributed by atoms with Gasteiger partial charge in [-0.05, 0) is 42.5 Å². The average Bonchev–Trinajstić information content (AvgIpc) is 2.97. The topological polar surface area (TPSA) is 217 Å². The van der Waals surface area contributed by atoms with E-state index in [1.54, 1.807) is 0 Å². The molecule has 210 valence electrons. The third kappa shape index (κ3) is 6.92. The number of nitrogens with zero attached hydrogens (tertiary/aromatic N) is 3. The van der Waals surface area contributed by atoms with Crippen molar-refractivity contribution in [3.8, 4) is 0 Å². The third-order valence-corrected chi connectivity index (χ3v) is 5.69. The van der Waals surface area contributed by atoms with Crippen LogP contribution in [0.5, 0.6) is 0 Å². The monoisotopic (exact) mass is 570 g/mol. The predicted molar refractivity (Wildman–Crippen MR) is 150 cm³/mol. The molecule has 0 radical (unpaired) electrons. The van der Waals surface area contributed by atoms with Crippen LogP contribution in [0.2, 0.25) is 0 Å². The van der Waals surface area contributed by atoms with Gasteiger partial charge in [-0.15, -0.1) is 0 Å². The minimum absolute atomic E-state index is 0.00534. The second-order valence-corrected chi connectivity index (χ2v) is 8.58. The fourth-order valence-corrected chi connectivity index (χ4v) is 3.70. The highest BCUT2D eigenvalue weighted by Crippen LogP contribution is 2.23. The van der Waals surface area contributed by atoms with Crippen molar-refractivity contribution in [1.82, 2.24) is 0 Å². The van der Waals surface area contributed by atoms with Crippen molar-refractivity contribution in [2.75, 3.05) is 16.0 Å². The second-order valence-electron chi connectivity index (χ2n) is 8.58. The number of hydrogen-bond acceptors (Lipinski definition) is 9. The maximum absolute atomic E-state index is 13.1. The highest BCUT2D eigenvalue weighted by Gasteiger charge is 2.18. The first-order valence-electron chi connectivity index (χ1n) is 11.8. The minimum Gasteiger partial charge on any atom is -0.322 e. The van der Waals surface area contributed by atoms with Gasteiger partial charge in [0.15, 0.2) is 0 Å². The van der Waals surface area contributed by atoms with E-state index in [0.717, 1.165) is 24.3 Å². The summed E-state index contributed by atoms with van der Waals surface area (Å²) < 4.78 is 0. The summed E-state index contributed by atoms with van der Waals surface area (Å²) in [5.74, 6) is -2.25. The summed E-state index contributed by atoms with van der Waals surface area (Å²) in [6.07, 6.45) is 0. The minimum atomic E-state index is -0.772. The Bertz CT molecular complexity index is 1670. The van der Waals surface area contributed by atoms with Crippen molar-refractivity contribution < 1.29 is 29.2 Å². The van der Waals surface area contributed by atoms with E-state index in [4.69, 9.17) is 0 Å². The molecule has 0 saturated carbocycles. The third-order valence-electron chi connectivity index (χ3n) is 5.69. The molecule has 0 fully saturated rings. The molecule has 0 saturated heterocycles. The molecular formula is C27H18N6O9. The van der Waals surface area contributed by atoms with E-state index in [0.29, 0.717) is 0 Å². The largest absolute Gasteiger partial charge is 0.322 e. The van der Waals surface area contributed by atoms with Gasteiger partial charge in [-0.3, -0.25) is 44.7 Å². The van der Waals surface area contributed by atoms with E-state index < -0.39 is 32.5 Å². The first kappa shape index (κ1) is 28.5. The Kier molecular flexibility index (Phi) is 8.22. The number of non-ortho nitro benzene ring substituents is 3. The van der Waals surface area contributed by atoms with E-state index in [1.165, 1.54) is 66.7 Å². The molecule has 4 rings (SSSR count). The first-order chi connectivity index (χ1) is 20.0. The summed E-state index contributed by atoms with van der Waals surface area (Å²) >= 11 is 0. The lowest BCUT2D eigenvalue weighted by molar-refractivity contribution is -0.385. The van der Waals surface area contributed by atoms with Gasteiger partial charge >= 0.3 is 0 Å². The van der Waals surface area contributed by atoms with Gasteiger partial charge in [0.05, 0.1) is 14.8 Å². The summed E-state index contributed by atoms with van der Waals surface area (Å²) in [6, 6.07) is 18.7. The number of carbonyl (C=O) groups is 3. The van der Waals surface area contributed by atoms with Crippen molar-refractivity contribution >= 4 is 51.8 Å². The molecule has 0 atom stereocenters. The highest BCUT2D eigenvalue weighted by atomic mass is 16.6. The molecule has 4 aromatic rings. The van der Waals surface area contributed by atoms with Crippen LogP contribution >= 0.6 is 0 Å². The van der Waals surface area contributed by atoms with E-state index in [-0.39, 0.29) is 50.8 Å². The molecule has 0 aromatic heterocycles. The maximum atomic E-state index is 13.1. The maximum Gasteiger partial charge on any atom is 0.271 e. The van der Waals surface area contributed by atoms with Gasteiger partial charge in [0.2, 0.25) is 0 Å². The second kappa shape index (κ2) is 12.1. The molecular weight excluding hydrogens is 552 g/mol. The molecule has 0 aliphatic rings. The smallest absolute Gasteiger partial charge is 0.271 e. The summed E-state index contributed by atoms with van der Waals surface area (Å²) in [4.78, 5) is 70.2. The van der Waals surface area contributed by atoms with Gasteiger partial charge < -0.3 is 16.0 Å². The Labute approximate surface area is 235 Å². The molecule has 0 unspecified atom stereocenters. The lowest BCUT2D eigenvalue weighted by Gasteiger charge is -2.12. The fourth-order valence-electron chi connectivity index (χ4n) is 3.70. The summed E-state index contributed by atoms with van der Waals surface area (Å²) in [7, 11) is 0. The zero-order valence-corrected chi connectivity index (χ0v) is 21.2. The van der Waals surface area contributed by atoms with Crippen LogP contribution in [-0.2, 0) is 0 Å². The zero-order chi connectivity index (χ0) is 30.4. The van der Waals surface area contributed by atoms with Gasteiger partial charge in [0, 0.05) is 70.2 Å². The average molecular weight is 570 g/mol. The number of amides is 3. The quantitative estimate of drug-likeness (QED) is 0.178. The Morgan fingerprint density at radius 2 is 0.857 bits per heavy atom. The van der Waals surface area contributed by atoms with E-state index in [2.05, 4.69) is 16.0 Å². The predicted octanol–water partition coefficient (Wildman–Crippen LogP) is 5.17. The number of anilines is 3. The molecule has 0 heterocycles. The van der Waals surface area contributed by atoms with Crippen LogP contribution in [0.1, 0.15) is 31.1 Å². The Hall–Kier alpha value is -6.51. The Morgan fingerprint density at radius 1 is 0.452 bits per heavy atom. The molecule has 15 heteroatoms. The number of hydrogen-bond donors (Lipinski definition) is 3. The molecule has 0 aliphatic carbocycles. The van der Waals surface area contributed by atoms with E-state index >= 15 is 0 Å². The molecule has 3 amide bonds. The molecule has 0 spiro atoms. The molecule has 3 N–H and O–H groups in total. The van der Waals surface area contributed by atoms with E-state index in [1.807, 2.05) is 0 Å². The van der Waals surface area contributed by atoms with Crippen LogP contribution in [0.15, 0.2) is 91.0 Å². The Morgan fingerprint density at radius 3 is 1.29 bits per heavy atom. The highest BCUT2D eigenvalue weighted by molar-refractivity contribution is 6.11. The number of nitro benzene ring substituents is 3. The van der Waals surface area contributed by atoms with E-state index in [9.17, 15) is 44.7 Å². The lowest BCUT2D eigenvalue weighted by atomic mass is 10.1. The van der Waals surface area contributed by atoms with Gasteiger partial charge in [0.1, 0.15) is 0 Å².